The average Bonchev–Trinajstić information content (AvgIpc) is 2.54. The first kappa shape index (κ1) is 14.5. The van der Waals surface area contributed by atoms with E-state index in [4.69, 9.17) is 4.74 Å². The summed E-state index contributed by atoms with van der Waals surface area (Å²) < 4.78 is 4.88. The second-order valence-corrected chi connectivity index (χ2v) is 5.88. The Morgan fingerprint density at radius 3 is 2.47 bits per heavy atom. The number of carbonyl (C=O) groups is 1. The van der Waals surface area contributed by atoms with Gasteiger partial charge in [0.05, 0.1) is 18.6 Å². The lowest BCUT2D eigenvalue weighted by molar-refractivity contribution is -0.165. The molecule has 1 aliphatic rings. The van der Waals surface area contributed by atoms with Crippen LogP contribution in [0, 0.1) is 11.3 Å². The van der Waals surface area contributed by atoms with E-state index in [0.29, 0.717) is 6.42 Å². The largest absolute Gasteiger partial charge is 0.469 e. The number of hydrogen-bond acceptors (Lipinski definition) is 3. The van der Waals surface area contributed by atoms with Crippen LogP contribution in [0.25, 0.3) is 0 Å². The molecule has 0 bridgehead atoms. The van der Waals surface area contributed by atoms with Crippen LogP contribution in [0.2, 0.25) is 0 Å². The molecule has 0 aliphatic heterocycles. The van der Waals surface area contributed by atoms with Gasteiger partial charge in [-0.05, 0) is 31.1 Å². The normalized spacial score (nSPS) is 29.0. The van der Waals surface area contributed by atoms with Crippen molar-refractivity contribution in [2.45, 2.75) is 64.9 Å². The molecule has 0 spiro atoms. The lowest BCUT2D eigenvalue weighted by Gasteiger charge is -2.41. The Morgan fingerprint density at radius 2 is 2.06 bits per heavy atom. The fraction of sp³-hybridized carbons (Fsp3) is 0.929. The van der Waals surface area contributed by atoms with Crippen molar-refractivity contribution in [1.82, 2.24) is 0 Å². The molecule has 1 saturated carbocycles. The van der Waals surface area contributed by atoms with Crippen molar-refractivity contribution in [1.29, 1.82) is 0 Å². The molecular weight excluding hydrogens is 216 g/mol. The fourth-order valence-corrected chi connectivity index (χ4v) is 3.10. The molecule has 3 nitrogen and oxygen atoms in total. The van der Waals surface area contributed by atoms with Gasteiger partial charge in [0.15, 0.2) is 0 Å². The topological polar surface area (TPSA) is 46.5 Å². The molecule has 0 aromatic heterocycles. The molecule has 1 fully saturated rings. The Bertz CT molecular complexity index is 273. The van der Waals surface area contributed by atoms with Gasteiger partial charge in [-0.15, -0.1) is 0 Å². The molecule has 1 rings (SSSR count). The summed E-state index contributed by atoms with van der Waals surface area (Å²) in [5, 5.41) is 10.9. The van der Waals surface area contributed by atoms with Crippen molar-refractivity contribution in [2.24, 2.45) is 11.3 Å². The molecule has 1 aliphatic carbocycles. The van der Waals surface area contributed by atoms with Gasteiger partial charge in [0.25, 0.3) is 0 Å². The number of rotatable bonds is 5. The Hall–Kier alpha value is -0.570. The van der Waals surface area contributed by atoms with E-state index in [1.807, 2.05) is 0 Å². The van der Waals surface area contributed by atoms with Crippen molar-refractivity contribution in [3.05, 3.63) is 0 Å². The maximum absolute atomic E-state index is 11.9. The molecule has 0 aromatic rings. The Labute approximate surface area is 105 Å². The van der Waals surface area contributed by atoms with E-state index in [9.17, 15) is 9.90 Å². The standard InChI is InChI=1S/C14H26O3/c1-5-6-8-11(12(15)17-4)14(16)10-7-9-13(14,2)3/h11,16H,5-10H2,1-4H3. The van der Waals surface area contributed by atoms with Gasteiger partial charge in [0, 0.05) is 0 Å². The highest BCUT2D eigenvalue weighted by atomic mass is 16.5. The summed E-state index contributed by atoms with van der Waals surface area (Å²) in [6.45, 7) is 6.21. The highest BCUT2D eigenvalue weighted by Crippen LogP contribution is 2.51. The van der Waals surface area contributed by atoms with E-state index in [0.717, 1.165) is 32.1 Å². The van der Waals surface area contributed by atoms with Gasteiger partial charge in [0.1, 0.15) is 0 Å². The Balaban J connectivity index is 2.92. The van der Waals surface area contributed by atoms with Crippen molar-refractivity contribution >= 4 is 5.97 Å². The van der Waals surface area contributed by atoms with Crippen molar-refractivity contribution in [3.8, 4) is 0 Å². The van der Waals surface area contributed by atoms with Crippen LogP contribution in [-0.2, 0) is 9.53 Å². The maximum Gasteiger partial charge on any atom is 0.311 e. The maximum atomic E-state index is 11.9. The molecule has 3 heteroatoms. The number of methoxy groups -OCH3 is 1. The zero-order valence-corrected chi connectivity index (χ0v) is 11.6. The monoisotopic (exact) mass is 242 g/mol. The minimum atomic E-state index is -0.894. The number of unbranched alkanes of at least 4 members (excludes halogenated alkanes) is 1. The van der Waals surface area contributed by atoms with E-state index >= 15 is 0 Å². The summed E-state index contributed by atoms with van der Waals surface area (Å²) in [6.07, 6.45) is 5.39. The molecule has 1 N–H and O–H groups in total. The summed E-state index contributed by atoms with van der Waals surface area (Å²) in [5.41, 5.74) is -1.09. The Kier molecular flexibility index (Phi) is 4.59. The van der Waals surface area contributed by atoms with Crippen LogP contribution in [0.4, 0.5) is 0 Å². The van der Waals surface area contributed by atoms with Crippen molar-refractivity contribution in [2.75, 3.05) is 7.11 Å². The van der Waals surface area contributed by atoms with Gasteiger partial charge >= 0.3 is 5.97 Å². The molecule has 0 radical (unpaired) electrons. The third-order valence-corrected chi connectivity index (χ3v) is 4.44. The minimum Gasteiger partial charge on any atom is -0.469 e. The van der Waals surface area contributed by atoms with Crippen LogP contribution in [0.15, 0.2) is 0 Å². The van der Waals surface area contributed by atoms with Crippen LogP contribution in [0.5, 0.6) is 0 Å². The van der Waals surface area contributed by atoms with Gasteiger partial charge in [-0.1, -0.05) is 33.6 Å². The van der Waals surface area contributed by atoms with Crippen molar-refractivity contribution < 1.29 is 14.6 Å². The number of carbonyl (C=O) groups excluding carboxylic acids is 1. The van der Waals surface area contributed by atoms with E-state index in [-0.39, 0.29) is 17.3 Å². The Morgan fingerprint density at radius 1 is 1.41 bits per heavy atom. The quantitative estimate of drug-likeness (QED) is 0.754. The lowest BCUT2D eigenvalue weighted by Crippen LogP contribution is -2.50. The smallest absolute Gasteiger partial charge is 0.311 e. The predicted molar refractivity (Wildman–Crippen MR) is 67.6 cm³/mol. The molecular formula is C14H26O3. The third-order valence-electron chi connectivity index (χ3n) is 4.44. The predicted octanol–water partition coefficient (Wildman–Crippen LogP) is 2.91. The summed E-state index contributed by atoms with van der Waals surface area (Å²) >= 11 is 0. The number of aliphatic hydroxyl groups is 1. The summed E-state index contributed by atoms with van der Waals surface area (Å²) in [5.74, 6) is -0.624. The second-order valence-electron chi connectivity index (χ2n) is 5.88. The molecule has 100 valence electrons. The summed E-state index contributed by atoms with van der Waals surface area (Å²) in [6, 6.07) is 0. The zero-order valence-electron chi connectivity index (χ0n) is 11.6. The first-order chi connectivity index (χ1) is 7.89. The van der Waals surface area contributed by atoms with Crippen LogP contribution < -0.4 is 0 Å². The highest BCUT2D eigenvalue weighted by Gasteiger charge is 2.54. The molecule has 2 unspecified atom stereocenters. The first-order valence-corrected chi connectivity index (χ1v) is 6.69. The average molecular weight is 242 g/mol. The first-order valence-electron chi connectivity index (χ1n) is 6.69. The van der Waals surface area contributed by atoms with Gasteiger partial charge in [-0.2, -0.15) is 0 Å². The molecule has 17 heavy (non-hydrogen) atoms. The SMILES string of the molecule is CCCCC(C(=O)OC)C1(O)CCCC1(C)C. The molecule has 0 heterocycles. The summed E-state index contributed by atoms with van der Waals surface area (Å²) in [4.78, 5) is 11.9. The molecule has 0 amide bonds. The highest BCUT2D eigenvalue weighted by molar-refractivity contribution is 5.74. The number of hydrogen-bond donors (Lipinski definition) is 1. The van der Waals surface area contributed by atoms with Crippen LogP contribution in [0.1, 0.15) is 59.3 Å². The fourth-order valence-electron chi connectivity index (χ4n) is 3.10. The van der Waals surface area contributed by atoms with Gasteiger partial charge in [-0.25, -0.2) is 0 Å². The summed E-state index contributed by atoms with van der Waals surface area (Å²) in [7, 11) is 1.41. The van der Waals surface area contributed by atoms with E-state index in [2.05, 4.69) is 20.8 Å². The zero-order chi connectivity index (χ0) is 13.1. The molecule has 0 saturated heterocycles. The lowest BCUT2D eigenvalue weighted by atomic mass is 9.68. The van der Waals surface area contributed by atoms with E-state index in [1.54, 1.807) is 0 Å². The van der Waals surface area contributed by atoms with Crippen molar-refractivity contribution in [3.63, 3.8) is 0 Å². The molecule has 2 atom stereocenters. The number of esters is 1. The van der Waals surface area contributed by atoms with E-state index in [1.165, 1.54) is 7.11 Å². The third kappa shape index (κ3) is 2.65. The number of ether oxygens (including phenoxy) is 1. The second kappa shape index (κ2) is 5.38. The van der Waals surface area contributed by atoms with Crippen LogP contribution in [0.3, 0.4) is 0 Å². The van der Waals surface area contributed by atoms with Gasteiger partial charge in [-0.3, -0.25) is 4.79 Å². The molecule has 0 aromatic carbocycles. The van der Waals surface area contributed by atoms with Crippen LogP contribution in [-0.4, -0.2) is 23.8 Å². The minimum absolute atomic E-state index is 0.195. The van der Waals surface area contributed by atoms with Gasteiger partial charge in [0.2, 0.25) is 0 Å². The van der Waals surface area contributed by atoms with E-state index < -0.39 is 5.60 Å². The van der Waals surface area contributed by atoms with Gasteiger partial charge < -0.3 is 9.84 Å². The van der Waals surface area contributed by atoms with Crippen LogP contribution >= 0.6 is 0 Å².